The minimum absolute atomic E-state index is 0.279. The number of esters is 1. The van der Waals surface area contributed by atoms with Gasteiger partial charge in [0.25, 0.3) is 0 Å². The van der Waals surface area contributed by atoms with Crippen LogP contribution in [0.4, 0.5) is 9.80 Å². The van der Waals surface area contributed by atoms with Gasteiger partial charge in [0.15, 0.2) is 0 Å². The largest absolute Gasteiger partial charge is 0.462 e. The van der Waals surface area contributed by atoms with Crippen molar-refractivity contribution in [2.75, 3.05) is 31.6 Å². The molecule has 1 aromatic heterocycles. The lowest BCUT2D eigenvalue weighted by molar-refractivity contribution is -0.132. The molecule has 0 atom stereocenters. The summed E-state index contributed by atoms with van der Waals surface area (Å²) in [5.74, 6) is 0.300. The van der Waals surface area contributed by atoms with Gasteiger partial charge in [0.2, 0.25) is 5.91 Å². The van der Waals surface area contributed by atoms with Crippen molar-refractivity contribution in [1.82, 2.24) is 10.2 Å². The number of thiophene rings is 1. The van der Waals surface area contributed by atoms with Gasteiger partial charge in [0, 0.05) is 30.9 Å². The van der Waals surface area contributed by atoms with Crippen molar-refractivity contribution in [3.8, 4) is 0 Å². The average molecular weight is 576 g/mol. The maximum Gasteiger partial charge on any atom is 0.341 e. The van der Waals surface area contributed by atoms with Crippen molar-refractivity contribution in [2.24, 2.45) is 5.92 Å². The highest BCUT2D eigenvalue weighted by molar-refractivity contribution is 7.17. The van der Waals surface area contributed by atoms with Gasteiger partial charge in [-0.2, -0.15) is 0 Å². The second kappa shape index (κ2) is 18.4. The zero-order valence-electron chi connectivity index (χ0n) is 25.1. The number of nitrogens with zero attached hydrogens (tertiary/aromatic N) is 1. The summed E-state index contributed by atoms with van der Waals surface area (Å²) >= 11 is 1.51. The summed E-state index contributed by atoms with van der Waals surface area (Å²) in [7, 11) is 0. The number of ether oxygens (including phenoxy) is 1. The molecule has 0 bridgehead atoms. The molecule has 3 amide bonds. The fourth-order valence-corrected chi connectivity index (χ4v) is 7.21. The molecule has 226 valence electrons. The Kier molecular flexibility index (Phi) is 14.9. The van der Waals surface area contributed by atoms with Crippen molar-refractivity contribution < 1.29 is 19.1 Å². The number of amides is 3. The molecule has 1 aromatic rings. The molecule has 2 aliphatic rings. The number of aryl methyl sites for hydroxylation is 1. The molecule has 1 fully saturated rings. The van der Waals surface area contributed by atoms with E-state index in [4.69, 9.17) is 4.74 Å². The van der Waals surface area contributed by atoms with Gasteiger partial charge in [-0.3, -0.25) is 10.1 Å². The van der Waals surface area contributed by atoms with Gasteiger partial charge in [-0.05, 0) is 63.4 Å². The van der Waals surface area contributed by atoms with Gasteiger partial charge in [-0.1, -0.05) is 71.1 Å². The lowest BCUT2D eigenvalue weighted by Gasteiger charge is -2.32. The van der Waals surface area contributed by atoms with Crippen LogP contribution in [0.1, 0.15) is 137 Å². The number of unbranched alkanes of at least 4 members (excludes halogenated alkanes) is 10. The van der Waals surface area contributed by atoms with E-state index in [-0.39, 0.29) is 17.9 Å². The second-order valence-corrected chi connectivity index (χ2v) is 12.7. The molecular weight excluding hydrogens is 522 g/mol. The van der Waals surface area contributed by atoms with E-state index in [1.54, 1.807) is 6.92 Å². The van der Waals surface area contributed by atoms with Crippen LogP contribution in [0, 0.1) is 5.92 Å². The van der Waals surface area contributed by atoms with Crippen LogP contribution < -0.4 is 10.6 Å². The van der Waals surface area contributed by atoms with Crippen LogP contribution in [0.3, 0.4) is 0 Å². The molecule has 8 heteroatoms. The van der Waals surface area contributed by atoms with E-state index >= 15 is 0 Å². The quantitative estimate of drug-likeness (QED) is 0.146. The van der Waals surface area contributed by atoms with Crippen molar-refractivity contribution >= 4 is 34.2 Å². The minimum Gasteiger partial charge on any atom is -0.462 e. The summed E-state index contributed by atoms with van der Waals surface area (Å²) in [4.78, 5) is 41.2. The van der Waals surface area contributed by atoms with Gasteiger partial charge in [-0.15, -0.1) is 11.3 Å². The van der Waals surface area contributed by atoms with Crippen LogP contribution in [-0.4, -0.2) is 49.0 Å². The molecule has 0 spiro atoms. The van der Waals surface area contributed by atoms with E-state index in [0.29, 0.717) is 36.1 Å². The lowest BCUT2D eigenvalue weighted by atomic mass is 9.95. The number of urea groups is 1. The summed E-state index contributed by atoms with van der Waals surface area (Å²) in [5, 5.41) is 6.53. The van der Waals surface area contributed by atoms with Crippen molar-refractivity contribution in [1.29, 1.82) is 0 Å². The average Bonchev–Trinajstić information content (AvgIpc) is 3.33. The van der Waals surface area contributed by atoms with E-state index in [0.717, 1.165) is 70.0 Å². The minimum atomic E-state index is -0.345. The zero-order chi connectivity index (χ0) is 28.6. The zero-order valence-corrected chi connectivity index (χ0v) is 25.9. The first kappa shape index (κ1) is 32.4. The highest BCUT2D eigenvalue weighted by atomic mass is 32.1. The number of piperidine rings is 1. The number of rotatable bonds is 17. The summed E-state index contributed by atoms with van der Waals surface area (Å²) in [6.07, 6.45) is 20.7. The van der Waals surface area contributed by atoms with Crippen LogP contribution in [-0.2, 0) is 22.4 Å². The normalized spacial score (nSPS) is 15.5. The number of fused-ring (bicyclic) bond motifs is 1. The molecule has 2 N–H and O–H groups in total. The topological polar surface area (TPSA) is 87.7 Å². The summed E-state index contributed by atoms with van der Waals surface area (Å²) < 4.78 is 5.29. The fraction of sp³-hybridized carbons (Fsp3) is 0.781. The molecule has 1 saturated heterocycles. The monoisotopic (exact) mass is 575 g/mol. The molecule has 2 heterocycles. The summed E-state index contributed by atoms with van der Waals surface area (Å²) in [6, 6.07) is -0.279. The predicted octanol–water partition coefficient (Wildman–Crippen LogP) is 7.86. The molecule has 1 aliphatic heterocycles. The van der Waals surface area contributed by atoms with E-state index in [9.17, 15) is 14.4 Å². The SMILES string of the molecule is CCCCCCCCCCCCCC(=O)N1CCC(CNC(=O)Nc2sc3c(c2C(=O)OCC)CCCC3)CC1. The third-order valence-electron chi connectivity index (χ3n) is 8.39. The van der Waals surface area contributed by atoms with Gasteiger partial charge >= 0.3 is 12.0 Å². The summed E-state index contributed by atoms with van der Waals surface area (Å²) in [5.41, 5.74) is 1.59. The third-order valence-corrected chi connectivity index (χ3v) is 9.60. The Balaban J connectivity index is 1.28. The number of carbonyl (C=O) groups is 3. The molecule has 40 heavy (non-hydrogen) atoms. The Morgan fingerprint density at radius 2 is 1.50 bits per heavy atom. The number of hydrogen-bond donors (Lipinski definition) is 2. The van der Waals surface area contributed by atoms with E-state index in [1.165, 1.54) is 74.0 Å². The summed E-state index contributed by atoms with van der Waals surface area (Å²) in [6.45, 7) is 6.50. The first-order valence-electron chi connectivity index (χ1n) is 16.2. The number of hydrogen-bond acceptors (Lipinski definition) is 5. The highest BCUT2D eigenvalue weighted by Crippen LogP contribution is 2.38. The van der Waals surface area contributed by atoms with Crippen LogP contribution in [0.15, 0.2) is 0 Å². The molecule has 0 saturated carbocycles. The molecule has 1 aliphatic carbocycles. The Morgan fingerprint density at radius 1 is 0.875 bits per heavy atom. The number of likely N-dealkylation sites (tertiary alicyclic amines) is 1. The van der Waals surface area contributed by atoms with E-state index in [1.807, 2.05) is 4.90 Å². The molecule has 7 nitrogen and oxygen atoms in total. The van der Waals surface area contributed by atoms with Gasteiger partial charge in [0.1, 0.15) is 5.00 Å². The molecule has 3 rings (SSSR count). The first-order valence-corrected chi connectivity index (χ1v) is 17.0. The third kappa shape index (κ3) is 10.7. The molecule has 0 radical (unpaired) electrons. The first-order chi connectivity index (χ1) is 19.5. The van der Waals surface area contributed by atoms with Crippen LogP contribution >= 0.6 is 11.3 Å². The molecule has 0 aromatic carbocycles. The van der Waals surface area contributed by atoms with E-state index < -0.39 is 0 Å². The number of nitrogens with one attached hydrogen (secondary N) is 2. The highest BCUT2D eigenvalue weighted by Gasteiger charge is 2.28. The Labute approximate surface area is 246 Å². The Hall–Kier alpha value is -2.09. The van der Waals surface area contributed by atoms with Crippen molar-refractivity contribution in [3.63, 3.8) is 0 Å². The van der Waals surface area contributed by atoms with Crippen LogP contribution in [0.2, 0.25) is 0 Å². The predicted molar refractivity (Wildman–Crippen MR) is 164 cm³/mol. The fourth-order valence-electron chi connectivity index (χ4n) is 5.94. The lowest BCUT2D eigenvalue weighted by Crippen LogP contribution is -2.42. The van der Waals surface area contributed by atoms with Gasteiger partial charge in [0.05, 0.1) is 12.2 Å². The Morgan fingerprint density at radius 3 is 2.15 bits per heavy atom. The maximum absolute atomic E-state index is 12.7. The van der Waals surface area contributed by atoms with Crippen LogP contribution in [0.25, 0.3) is 0 Å². The molecule has 0 unspecified atom stereocenters. The maximum atomic E-state index is 12.7. The van der Waals surface area contributed by atoms with Crippen molar-refractivity contribution in [2.45, 2.75) is 129 Å². The number of anilines is 1. The van der Waals surface area contributed by atoms with E-state index in [2.05, 4.69) is 17.6 Å². The van der Waals surface area contributed by atoms with Crippen LogP contribution in [0.5, 0.6) is 0 Å². The smallest absolute Gasteiger partial charge is 0.341 e. The Bertz CT molecular complexity index is 924. The van der Waals surface area contributed by atoms with Gasteiger partial charge < -0.3 is 15.0 Å². The molecular formula is C32H53N3O4S. The number of carbonyl (C=O) groups excluding carboxylic acids is 3. The van der Waals surface area contributed by atoms with Crippen molar-refractivity contribution in [3.05, 3.63) is 16.0 Å². The van der Waals surface area contributed by atoms with Gasteiger partial charge in [-0.25, -0.2) is 9.59 Å². The second-order valence-electron chi connectivity index (χ2n) is 11.6. The standard InChI is InChI=1S/C32H53N3O4S/c1-3-5-6-7-8-9-10-11-12-13-14-19-28(36)35-22-20-25(21-23-35)24-33-32(38)34-30-29(31(37)39-4-2)26-17-15-16-18-27(26)40-30/h25H,3-24H2,1-2H3,(H2,33,34,38).